The zero-order valence-electron chi connectivity index (χ0n) is 17.5. The Morgan fingerprint density at radius 2 is 1.76 bits per heavy atom. The SMILES string of the molecule is Cc1nn2cccnc2c1C(=O)Nc1ccc(NS(=O)(=O)c2ccc3c(c2)OCCO3)cc1. The third-order valence-corrected chi connectivity index (χ3v) is 6.40. The van der Waals surface area contributed by atoms with Crippen molar-refractivity contribution in [2.24, 2.45) is 0 Å². The smallest absolute Gasteiger partial charge is 0.262 e. The van der Waals surface area contributed by atoms with Gasteiger partial charge in [0.05, 0.1) is 10.6 Å². The Hall–Kier alpha value is -4.12. The summed E-state index contributed by atoms with van der Waals surface area (Å²) in [6.07, 6.45) is 3.31. The molecule has 0 fully saturated rings. The summed E-state index contributed by atoms with van der Waals surface area (Å²) in [5, 5.41) is 7.08. The van der Waals surface area contributed by atoms with Gasteiger partial charge in [-0.25, -0.2) is 17.9 Å². The molecule has 10 nitrogen and oxygen atoms in total. The second-order valence-electron chi connectivity index (χ2n) is 7.29. The molecule has 2 aromatic heterocycles. The van der Waals surface area contributed by atoms with Crippen molar-refractivity contribution in [1.82, 2.24) is 14.6 Å². The van der Waals surface area contributed by atoms with Gasteiger partial charge in [0.1, 0.15) is 18.8 Å². The summed E-state index contributed by atoms with van der Waals surface area (Å²) in [5.41, 5.74) is 2.22. The van der Waals surface area contributed by atoms with Crippen molar-refractivity contribution in [3.05, 3.63) is 72.2 Å². The zero-order valence-corrected chi connectivity index (χ0v) is 18.3. The highest BCUT2D eigenvalue weighted by atomic mass is 32.2. The number of aryl methyl sites for hydroxylation is 1. The molecule has 0 unspecified atom stereocenters. The number of hydrogen-bond donors (Lipinski definition) is 2. The van der Waals surface area contributed by atoms with Crippen LogP contribution < -0.4 is 19.5 Å². The second kappa shape index (κ2) is 8.10. The predicted octanol–water partition coefficient (Wildman–Crippen LogP) is 2.86. The number of aromatic nitrogens is 3. The topological polar surface area (TPSA) is 124 Å². The summed E-state index contributed by atoms with van der Waals surface area (Å²) >= 11 is 0. The zero-order chi connectivity index (χ0) is 23.0. The van der Waals surface area contributed by atoms with E-state index in [4.69, 9.17) is 9.47 Å². The van der Waals surface area contributed by atoms with Gasteiger partial charge in [-0.1, -0.05) is 0 Å². The molecule has 2 aromatic carbocycles. The van der Waals surface area contributed by atoms with Crippen molar-refractivity contribution in [3.63, 3.8) is 0 Å². The molecule has 0 aliphatic carbocycles. The highest BCUT2D eigenvalue weighted by molar-refractivity contribution is 7.92. The predicted molar refractivity (Wildman–Crippen MR) is 120 cm³/mol. The largest absolute Gasteiger partial charge is 0.486 e. The number of hydrogen-bond acceptors (Lipinski definition) is 7. The van der Waals surface area contributed by atoms with Gasteiger partial charge in [0, 0.05) is 29.8 Å². The van der Waals surface area contributed by atoms with Crippen LogP contribution in [0.2, 0.25) is 0 Å². The van der Waals surface area contributed by atoms with Gasteiger partial charge in [0.2, 0.25) is 0 Å². The molecule has 3 heterocycles. The van der Waals surface area contributed by atoms with Crippen LogP contribution in [-0.4, -0.2) is 42.1 Å². The molecule has 4 aromatic rings. The van der Waals surface area contributed by atoms with Crippen LogP contribution in [0.4, 0.5) is 11.4 Å². The van der Waals surface area contributed by atoms with Crippen LogP contribution in [0.15, 0.2) is 65.8 Å². The highest BCUT2D eigenvalue weighted by Crippen LogP contribution is 2.32. The average Bonchev–Trinajstić information content (AvgIpc) is 3.15. The number of amides is 1. The normalized spacial score (nSPS) is 13.0. The number of rotatable bonds is 5. The third kappa shape index (κ3) is 4.05. The molecule has 5 rings (SSSR count). The molecule has 0 radical (unpaired) electrons. The first-order valence-corrected chi connectivity index (χ1v) is 11.5. The van der Waals surface area contributed by atoms with Crippen LogP contribution in [0, 0.1) is 6.92 Å². The molecule has 11 heteroatoms. The summed E-state index contributed by atoms with van der Waals surface area (Å²) in [7, 11) is -3.84. The van der Waals surface area contributed by atoms with Crippen molar-refractivity contribution in [2.75, 3.05) is 23.3 Å². The van der Waals surface area contributed by atoms with Crippen LogP contribution in [0.1, 0.15) is 16.1 Å². The van der Waals surface area contributed by atoms with Crippen molar-refractivity contribution < 1.29 is 22.7 Å². The summed E-state index contributed by atoms with van der Waals surface area (Å²) in [4.78, 5) is 17.1. The van der Waals surface area contributed by atoms with Gasteiger partial charge in [0.25, 0.3) is 15.9 Å². The number of carbonyl (C=O) groups excluding carboxylic acids is 1. The molecule has 2 N–H and O–H groups in total. The molecule has 0 spiro atoms. The number of nitrogens with zero attached hydrogens (tertiary/aromatic N) is 3. The van der Waals surface area contributed by atoms with Crippen LogP contribution in [-0.2, 0) is 10.0 Å². The first-order valence-electron chi connectivity index (χ1n) is 10.0. The fourth-order valence-corrected chi connectivity index (χ4v) is 4.56. The first-order chi connectivity index (χ1) is 15.9. The summed E-state index contributed by atoms with van der Waals surface area (Å²) in [5.74, 6) is 0.544. The Balaban J connectivity index is 1.31. The molecule has 0 saturated carbocycles. The molecule has 168 valence electrons. The van der Waals surface area contributed by atoms with Gasteiger partial charge >= 0.3 is 0 Å². The van der Waals surface area contributed by atoms with E-state index in [9.17, 15) is 13.2 Å². The number of benzene rings is 2. The van der Waals surface area contributed by atoms with Crippen LogP contribution in [0.5, 0.6) is 11.5 Å². The quantitative estimate of drug-likeness (QED) is 0.464. The van der Waals surface area contributed by atoms with E-state index >= 15 is 0 Å². The maximum Gasteiger partial charge on any atom is 0.262 e. The van der Waals surface area contributed by atoms with Gasteiger partial charge in [-0.05, 0) is 49.4 Å². The molecule has 1 aliphatic heterocycles. The van der Waals surface area contributed by atoms with Crippen LogP contribution in [0.3, 0.4) is 0 Å². The Labute approximate surface area is 189 Å². The van der Waals surface area contributed by atoms with Crippen molar-refractivity contribution in [1.29, 1.82) is 0 Å². The molecular formula is C22H19N5O5S. The Morgan fingerprint density at radius 3 is 2.55 bits per heavy atom. The lowest BCUT2D eigenvalue weighted by Gasteiger charge is -2.19. The lowest BCUT2D eigenvalue weighted by atomic mass is 10.2. The van der Waals surface area contributed by atoms with Gasteiger partial charge in [-0.2, -0.15) is 5.10 Å². The molecule has 0 atom stereocenters. The highest BCUT2D eigenvalue weighted by Gasteiger charge is 2.20. The minimum atomic E-state index is -3.84. The van der Waals surface area contributed by atoms with Crippen LogP contribution in [0.25, 0.3) is 5.65 Å². The van der Waals surface area contributed by atoms with E-state index in [1.807, 2.05) is 0 Å². The fourth-order valence-electron chi connectivity index (χ4n) is 3.48. The van der Waals surface area contributed by atoms with Gasteiger partial charge < -0.3 is 14.8 Å². The molecule has 0 saturated heterocycles. The van der Waals surface area contributed by atoms with Gasteiger partial charge in [-0.3, -0.25) is 9.52 Å². The second-order valence-corrected chi connectivity index (χ2v) is 8.97. The minimum Gasteiger partial charge on any atom is -0.486 e. The van der Waals surface area contributed by atoms with Crippen molar-refractivity contribution in [3.8, 4) is 11.5 Å². The Bertz CT molecular complexity index is 1460. The fraction of sp³-hybridized carbons (Fsp3) is 0.136. The van der Waals surface area contributed by atoms with E-state index in [1.165, 1.54) is 12.1 Å². The number of fused-ring (bicyclic) bond motifs is 2. The number of nitrogens with one attached hydrogen (secondary N) is 2. The van der Waals surface area contributed by atoms with Crippen LogP contribution >= 0.6 is 0 Å². The summed E-state index contributed by atoms with van der Waals surface area (Å²) in [6.45, 7) is 2.52. The average molecular weight is 465 g/mol. The van der Waals surface area contributed by atoms with E-state index in [2.05, 4.69) is 20.1 Å². The monoisotopic (exact) mass is 465 g/mol. The van der Waals surface area contributed by atoms with E-state index < -0.39 is 10.0 Å². The standard InChI is InChI=1S/C22H19N5O5S/c1-14-20(21-23-9-2-10-27(21)25-14)22(28)24-15-3-5-16(6-4-15)26-33(29,30)17-7-8-18-19(13-17)32-12-11-31-18/h2-10,13,26H,11-12H2,1H3,(H,24,28). The lowest BCUT2D eigenvalue weighted by Crippen LogP contribution is -2.17. The Kier molecular flexibility index (Phi) is 5.09. The Morgan fingerprint density at radius 1 is 1.03 bits per heavy atom. The molecule has 1 aliphatic rings. The minimum absolute atomic E-state index is 0.0557. The summed E-state index contributed by atoms with van der Waals surface area (Å²) < 4.78 is 40.5. The summed E-state index contributed by atoms with van der Waals surface area (Å²) in [6, 6.07) is 12.5. The van der Waals surface area contributed by atoms with Gasteiger partial charge in [-0.15, -0.1) is 0 Å². The van der Waals surface area contributed by atoms with Crippen molar-refractivity contribution in [2.45, 2.75) is 11.8 Å². The maximum absolute atomic E-state index is 12.8. The van der Waals surface area contributed by atoms with E-state index in [0.717, 1.165) is 0 Å². The molecular weight excluding hydrogens is 446 g/mol. The van der Waals surface area contributed by atoms with Gasteiger partial charge in [0.15, 0.2) is 17.1 Å². The van der Waals surface area contributed by atoms with E-state index in [1.54, 1.807) is 60.2 Å². The van der Waals surface area contributed by atoms with E-state index in [0.29, 0.717) is 53.0 Å². The maximum atomic E-state index is 12.8. The molecule has 33 heavy (non-hydrogen) atoms. The number of anilines is 2. The molecule has 0 bridgehead atoms. The number of carbonyl (C=O) groups is 1. The van der Waals surface area contributed by atoms with E-state index in [-0.39, 0.29) is 10.8 Å². The third-order valence-electron chi connectivity index (χ3n) is 5.02. The lowest BCUT2D eigenvalue weighted by molar-refractivity contribution is 0.102. The number of ether oxygens (including phenoxy) is 2. The first kappa shape index (κ1) is 20.8. The molecule has 1 amide bonds. The van der Waals surface area contributed by atoms with Crippen molar-refractivity contribution >= 4 is 33.0 Å². The number of sulfonamides is 1.